The average molecular weight is 216 g/mol. The van der Waals surface area contributed by atoms with Gasteiger partial charge < -0.3 is 10.6 Å². The Morgan fingerprint density at radius 2 is 2.12 bits per heavy atom. The van der Waals surface area contributed by atoms with E-state index in [2.05, 4.69) is 10.6 Å². The summed E-state index contributed by atoms with van der Waals surface area (Å²) >= 11 is 0. The van der Waals surface area contributed by atoms with Gasteiger partial charge in [0, 0.05) is 11.9 Å². The maximum atomic E-state index is 11.5. The first kappa shape index (κ1) is 10.7. The van der Waals surface area contributed by atoms with Crippen LogP contribution < -0.4 is 10.6 Å². The van der Waals surface area contributed by atoms with Gasteiger partial charge in [-0.2, -0.15) is 0 Å². The predicted octanol–water partition coefficient (Wildman–Crippen LogP) is 3.04. The molecular weight excluding hydrogens is 200 g/mol. The van der Waals surface area contributed by atoms with Crippen molar-refractivity contribution in [2.45, 2.75) is 19.8 Å². The Morgan fingerprint density at radius 1 is 1.38 bits per heavy atom. The summed E-state index contributed by atoms with van der Waals surface area (Å²) in [7, 11) is 0. The van der Waals surface area contributed by atoms with Crippen molar-refractivity contribution in [1.82, 2.24) is 5.32 Å². The Kier molecular flexibility index (Phi) is 3.25. The molecule has 3 heteroatoms. The molecule has 1 saturated carbocycles. The summed E-state index contributed by atoms with van der Waals surface area (Å²) in [5.74, 6) is 0.679. The Hall–Kier alpha value is -1.77. The lowest BCUT2D eigenvalue weighted by Gasteiger charge is -2.06. The molecule has 1 aliphatic rings. The van der Waals surface area contributed by atoms with Crippen LogP contribution in [-0.2, 0) is 0 Å². The van der Waals surface area contributed by atoms with Crippen LogP contribution in [0.1, 0.15) is 18.4 Å². The monoisotopic (exact) mass is 216 g/mol. The summed E-state index contributed by atoms with van der Waals surface area (Å²) in [6, 6.07) is 7.52. The number of urea groups is 1. The second-order valence-corrected chi connectivity index (χ2v) is 4.11. The van der Waals surface area contributed by atoms with Gasteiger partial charge in [-0.25, -0.2) is 4.79 Å². The predicted molar refractivity (Wildman–Crippen MR) is 65.2 cm³/mol. The number of carbonyl (C=O) groups is 1. The summed E-state index contributed by atoms with van der Waals surface area (Å²) in [6.07, 6.45) is 6.26. The quantitative estimate of drug-likeness (QED) is 0.801. The highest BCUT2D eigenvalue weighted by molar-refractivity contribution is 5.90. The normalized spacial score (nSPS) is 15.1. The highest BCUT2D eigenvalue weighted by atomic mass is 16.2. The van der Waals surface area contributed by atoms with Gasteiger partial charge in [-0.15, -0.1) is 0 Å². The van der Waals surface area contributed by atoms with Crippen molar-refractivity contribution in [1.29, 1.82) is 0 Å². The van der Waals surface area contributed by atoms with Crippen molar-refractivity contribution >= 4 is 11.7 Å². The van der Waals surface area contributed by atoms with Crippen molar-refractivity contribution in [2.24, 2.45) is 5.92 Å². The molecule has 1 aliphatic carbocycles. The molecular formula is C13H16N2O. The molecule has 0 saturated heterocycles. The zero-order valence-electron chi connectivity index (χ0n) is 9.36. The maximum Gasteiger partial charge on any atom is 0.323 e. The van der Waals surface area contributed by atoms with Gasteiger partial charge in [0.1, 0.15) is 0 Å². The number of amides is 2. The third-order valence-corrected chi connectivity index (χ3v) is 2.60. The van der Waals surface area contributed by atoms with Crippen molar-refractivity contribution in [2.75, 3.05) is 5.32 Å². The first-order valence-corrected chi connectivity index (χ1v) is 5.55. The van der Waals surface area contributed by atoms with E-state index in [1.165, 1.54) is 12.8 Å². The van der Waals surface area contributed by atoms with Crippen LogP contribution in [-0.4, -0.2) is 6.03 Å². The van der Waals surface area contributed by atoms with Gasteiger partial charge in [0.15, 0.2) is 0 Å². The molecule has 0 spiro atoms. The second-order valence-electron chi connectivity index (χ2n) is 4.11. The van der Waals surface area contributed by atoms with Gasteiger partial charge in [0.2, 0.25) is 0 Å². The molecule has 0 aromatic heterocycles. The Bertz CT molecular complexity index is 408. The van der Waals surface area contributed by atoms with Crippen LogP contribution in [0.3, 0.4) is 0 Å². The summed E-state index contributed by atoms with van der Waals surface area (Å²) in [5.41, 5.74) is 1.91. The number of hydrogen-bond donors (Lipinski definition) is 2. The fourth-order valence-corrected chi connectivity index (χ4v) is 1.42. The fraction of sp³-hybridized carbons (Fsp3) is 0.308. The zero-order valence-corrected chi connectivity index (χ0v) is 9.36. The number of hydrogen-bond acceptors (Lipinski definition) is 1. The van der Waals surface area contributed by atoms with E-state index in [0.29, 0.717) is 5.92 Å². The minimum absolute atomic E-state index is 0.189. The smallest absolute Gasteiger partial charge is 0.315 e. The van der Waals surface area contributed by atoms with Gasteiger partial charge >= 0.3 is 6.03 Å². The van der Waals surface area contributed by atoms with Gasteiger partial charge in [0.25, 0.3) is 0 Å². The van der Waals surface area contributed by atoms with Crippen LogP contribution in [0.2, 0.25) is 0 Å². The Balaban J connectivity index is 1.84. The molecule has 0 atom stereocenters. The van der Waals surface area contributed by atoms with Gasteiger partial charge in [-0.3, -0.25) is 0 Å². The summed E-state index contributed by atoms with van der Waals surface area (Å²) in [4.78, 5) is 11.5. The van der Waals surface area contributed by atoms with Crippen molar-refractivity contribution in [3.8, 4) is 0 Å². The van der Waals surface area contributed by atoms with Gasteiger partial charge in [-0.1, -0.05) is 24.3 Å². The molecule has 2 amide bonds. The number of nitrogens with one attached hydrogen (secondary N) is 2. The number of anilines is 1. The lowest BCUT2D eigenvalue weighted by atomic mass is 10.2. The van der Waals surface area contributed by atoms with Crippen LogP contribution in [0, 0.1) is 12.8 Å². The molecule has 0 bridgehead atoms. The number of allylic oxidation sites excluding steroid dienone is 1. The van der Waals surface area contributed by atoms with E-state index in [4.69, 9.17) is 0 Å². The van der Waals surface area contributed by atoms with Crippen LogP contribution in [0.15, 0.2) is 36.5 Å². The minimum atomic E-state index is -0.189. The second kappa shape index (κ2) is 4.84. The lowest BCUT2D eigenvalue weighted by Crippen LogP contribution is -2.24. The third kappa shape index (κ3) is 3.12. The number of benzene rings is 1. The third-order valence-electron chi connectivity index (χ3n) is 2.60. The van der Waals surface area contributed by atoms with Gasteiger partial charge in [0.05, 0.1) is 0 Å². The molecule has 1 fully saturated rings. The zero-order chi connectivity index (χ0) is 11.4. The summed E-state index contributed by atoms with van der Waals surface area (Å²) < 4.78 is 0. The molecule has 2 rings (SSSR count). The van der Waals surface area contributed by atoms with Crippen molar-refractivity contribution in [3.05, 3.63) is 42.1 Å². The molecule has 1 aromatic carbocycles. The first-order chi connectivity index (χ1) is 7.75. The molecule has 16 heavy (non-hydrogen) atoms. The average Bonchev–Trinajstić information content (AvgIpc) is 3.05. The van der Waals surface area contributed by atoms with E-state index in [9.17, 15) is 4.79 Å². The van der Waals surface area contributed by atoms with Crippen LogP contribution in [0.25, 0.3) is 0 Å². The van der Waals surface area contributed by atoms with Gasteiger partial charge in [-0.05, 0) is 37.3 Å². The molecule has 84 valence electrons. The molecule has 0 unspecified atom stereocenters. The number of rotatable bonds is 3. The minimum Gasteiger partial charge on any atom is -0.315 e. The van der Waals surface area contributed by atoms with E-state index in [0.717, 1.165) is 11.3 Å². The summed E-state index contributed by atoms with van der Waals surface area (Å²) in [6.45, 7) is 1.97. The topological polar surface area (TPSA) is 41.1 Å². The van der Waals surface area contributed by atoms with E-state index in [1.54, 1.807) is 6.20 Å². The SMILES string of the molecule is Cc1ccccc1NC(=O)N/C=C/C1CC1. The fourth-order valence-electron chi connectivity index (χ4n) is 1.42. The summed E-state index contributed by atoms with van der Waals surface area (Å²) in [5, 5.41) is 5.50. The van der Waals surface area contributed by atoms with E-state index < -0.39 is 0 Å². The largest absolute Gasteiger partial charge is 0.323 e. The van der Waals surface area contributed by atoms with E-state index >= 15 is 0 Å². The van der Waals surface area contributed by atoms with E-state index in [-0.39, 0.29) is 6.03 Å². The standard InChI is InChI=1S/C13H16N2O/c1-10-4-2-3-5-12(10)15-13(16)14-9-8-11-6-7-11/h2-5,8-9,11H,6-7H2,1H3,(H2,14,15,16)/b9-8+. The lowest BCUT2D eigenvalue weighted by molar-refractivity contribution is 0.255. The Morgan fingerprint density at radius 3 is 2.81 bits per heavy atom. The maximum absolute atomic E-state index is 11.5. The molecule has 1 aromatic rings. The number of aryl methyl sites for hydroxylation is 1. The van der Waals surface area contributed by atoms with Crippen LogP contribution in [0.5, 0.6) is 0 Å². The van der Waals surface area contributed by atoms with Crippen LogP contribution in [0.4, 0.5) is 10.5 Å². The Labute approximate surface area is 95.6 Å². The number of para-hydroxylation sites is 1. The first-order valence-electron chi connectivity index (χ1n) is 5.55. The molecule has 3 nitrogen and oxygen atoms in total. The van der Waals surface area contributed by atoms with Crippen molar-refractivity contribution in [3.63, 3.8) is 0 Å². The van der Waals surface area contributed by atoms with E-state index in [1.807, 2.05) is 37.3 Å². The van der Waals surface area contributed by atoms with Crippen molar-refractivity contribution < 1.29 is 4.79 Å². The highest BCUT2D eigenvalue weighted by Crippen LogP contribution is 2.29. The molecule has 0 heterocycles. The number of carbonyl (C=O) groups excluding carboxylic acids is 1. The molecule has 2 N–H and O–H groups in total. The highest BCUT2D eigenvalue weighted by Gasteiger charge is 2.17. The molecule has 0 radical (unpaired) electrons. The van der Waals surface area contributed by atoms with Crippen LogP contribution >= 0.6 is 0 Å². The molecule has 0 aliphatic heterocycles.